The van der Waals surface area contributed by atoms with E-state index in [1.807, 2.05) is 12.1 Å². The van der Waals surface area contributed by atoms with Crippen LogP contribution in [0.4, 0.5) is 18.9 Å². The predicted molar refractivity (Wildman–Crippen MR) is 105 cm³/mol. The van der Waals surface area contributed by atoms with E-state index in [0.29, 0.717) is 28.0 Å². The monoisotopic (exact) mass is 446 g/mol. The van der Waals surface area contributed by atoms with E-state index in [1.54, 1.807) is 41.3 Å². The number of nitrogens with one attached hydrogen (secondary N) is 1. The lowest BCUT2D eigenvalue weighted by molar-refractivity contribution is -0.137. The minimum absolute atomic E-state index is 0.115. The molecule has 0 saturated heterocycles. The summed E-state index contributed by atoms with van der Waals surface area (Å²) in [6, 6.07) is 11.0. The summed E-state index contributed by atoms with van der Waals surface area (Å²) in [6.07, 6.45) is 2.20. The van der Waals surface area contributed by atoms with Crippen LogP contribution in [0.25, 0.3) is 16.8 Å². The molecule has 0 aliphatic heterocycles. The first kappa shape index (κ1) is 18.5. The molecule has 8 heteroatoms. The number of halogens is 4. The van der Waals surface area contributed by atoms with Gasteiger partial charge in [0.05, 0.1) is 17.4 Å². The Bertz CT molecular complexity index is 1120. The molecule has 0 atom stereocenters. The molecule has 3 aromatic heterocycles. The average molecular weight is 447 g/mol. The van der Waals surface area contributed by atoms with Crippen LogP contribution in [0.5, 0.6) is 0 Å². The summed E-state index contributed by atoms with van der Waals surface area (Å²) in [4.78, 5) is 8.34. The van der Waals surface area contributed by atoms with Gasteiger partial charge in [0.25, 0.3) is 0 Å². The van der Waals surface area contributed by atoms with Crippen LogP contribution < -0.4 is 5.32 Å². The number of nitrogens with zero attached hydrogens (tertiary/aromatic N) is 3. The minimum atomic E-state index is -4.44. The molecular weight excluding hydrogens is 433 g/mol. The van der Waals surface area contributed by atoms with Gasteiger partial charge in [0.2, 0.25) is 0 Å². The van der Waals surface area contributed by atoms with Gasteiger partial charge in [0, 0.05) is 30.7 Å². The highest BCUT2D eigenvalue weighted by molar-refractivity contribution is 9.10. The first-order valence-electron chi connectivity index (χ1n) is 8.39. The molecule has 0 aliphatic carbocycles. The summed E-state index contributed by atoms with van der Waals surface area (Å²) in [5, 5.41) is 3.27. The third kappa shape index (κ3) is 3.60. The van der Waals surface area contributed by atoms with Gasteiger partial charge < -0.3 is 5.32 Å². The zero-order valence-electron chi connectivity index (χ0n) is 14.4. The summed E-state index contributed by atoms with van der Waals surface area (Å²) in [5.74, 6) is 0. The first-order valence-corrected chi connectivity index (χ1v) is 9.19. The molecule has 0 fully saturated rings. The maximum atomic E-state index is 13.5. The fourth-order valence-electron chi connectivity index (χ4n) is 3.02. The lowest BCUT2D eigenvalue weighted by atomic mass is 10.0. The van der Waals surface area contributed by atoms with Crippen molar-refractivity contribution < 1.29 is 13.2 Å². The zero-order valence-corrected chi connectivity index (χ0v) is 16.0. The lowest BCUT2D eigenvalue weighted by Gasteiger charge is -2.15. The molecular formula is C20H14BrF3N4. The Kier molecular flexibility index (Phi) is 4.80. The highest BCUT2D eigenvalue weighted by Gasteiger charge is 2.33. The fraction of sp³-hybridized carbons (Fsp3) is 0.100. The second-order valence-corrected chi connectivity index (χ2v) is 6.98. The smallest absolute Gasteiger partial charge is 0.378 e. The molecule has 28 heavy (non-hydrogen) atoms. The second-order valence-electron chi connectivity index (χ2n) is 6.17. The third-order valence-corrected chi connectivity index (χ3v) is 4.92. The number of pyridine rings is 2. The molecule has 4 nitrogen and oxygen atoms in total. The molecule has 4 rings (SSSR count). The Balaban J connectivity index is 1.82. The lowest BCUT2D eigenvalue weighted by Crippen LogP contribution is -2.08. The summed E-state index contributed by atoms with van der Waals surface area (Å²) < 4.78 is 42.8. The van der Waals surface area contributed by atoms with Crippen molar-refractivity contribution in [3.63, 3.8) is 0 Å². The van der Waals surface area contributed by atoms with Crippen LogP contribution in [0.15, 0.2) is 71.9 Å². The highest BCUT2D eigenvalue weighted by atomic mass is 79.9. The molecule has 0 radical (unpaired) electrons. The topological polar surface area (TPSA) is 42.2 Å². The molecule has 3 heterocycles. The third-order valence-electron chi connectivity index (χ3n) is 4.34. The molecule has 1 N–H and O–H groups in total. The van der Waals surface area contributed by atoms with E-state index >= 15 is 0 Å². The van der Waals surface area contributed by atoms with Crippen molar-refractivity contribution in [2.45, 2.75) is 12.7 Å². The van der Waals surface area contributed by atoms with Crippen LogP contribution in [-0.4, -0.2) is 14.4 Å². The summed E-state index contributed by atoms with van der Waals surface area (Å²) in [6.45, 7) is 0.493. The molecule has 0 aliphatic rings. The van der Waals surface area contributed by atoms with E-state index in [1.165, 1.54) is 12.1 Å². The van der Waals surface area contributed by atoms with Crippen molar-refractivity contribution in [2.75, 3.05) is 5.32 Å². The van der Waals surface area contributed by atoms with Gasteiger partial charge in [-0.2, -0.15) is 13.2 Å². The summed E-state index contributed by atoms with van der Waals surface area (Å²) in [5.41, 5.74) is 2.14. The van der Waals surface area contributed by atoms with Gasteiger partial charge >= 0.3 is 6.18 Å². The predicted octanol–water partition coefficient (Wildman–Crippen LogP) is 5.79. The Morgan fingerprint density at radius 1 is 1.07 bits per heavy atom. The van der Waals surface area contributed by atoms with Gasteiger partial charge in [-0.25, -0.2) is 4.98 Å². The summed E-state index contributed by atoms with van der Waals surface area (Å²) >= 11 is 3.40. The van der Waals surface area contributed by atoms with Crippen molar-refractivity contribution >= 4 is 27.3 Å². The van der Waals surface area contributed by atoms with Crippen molar-refractivity contribution in [2.24, 2.45) is 0 Å². The van der Waals surface area contributed by atoms with Crippen molar-refractivity contribution in [1.29, 1.82) is 0 Å². The molecule has 0 spiro atoms. The quantitative estimate of drug-likeness (QED) is 0.431. The standard InChI is InChI=1S/C20H14BrF3N4/c21-18-11-27-19-17(26-10-13-5-7-25-8-6-13)9-14(12-28(18)19)15-3-1-2-4-16(15)20(22,23)24/h1-9,11-12,26H,10H2. The van der Waals surface area contributed by atoms with Crippen molar-refractivity contribution in [3.05, 3.63) is 83.0 Å². The van der Waals surface area contributed by atoms with Crippen LogP contribution in [0.1, 0.15) is 11.1 Å². The fourth-order valence-corrected chi connectivity index (χ4v) is 3.39. The number of aromatic nitrogens is 3. The van der Waals surface area contributed by atoms with Crippen LogP contribution >= 0.6 is 15.9 Å². The molecule has 1 aromatic carbocycles. The van der Waals surface area contributed by atoms with Crippen LogP contribution in [0, 0.1) is 0 Å². The Morgan fingerprint density at radius 2 is 1.82 bits per heavy atom. The van der Waals surface area contributed by atoms with Crippen LogP contribution in [-0.2, 0) is 12.7 Å². The normalized spacial score (nSPS) is 11.7. The summed E-state index contributed by atoms with van der Waals surface area (Å²) in [7, 11) is 0. The van der Waals surface area contributed by atoms with Gasteiger partial charge in [-0.3, -0.25) is 9.38 Å². The SMILES string of the molecule is FC(F)(F)c1ccccc1-c1cc(NCc2ccncc2)c2ncc(Br)n2c1. The number of benzene rings is 1. The maximum Gasteiger partial charge on any atom is 0.417 e. The molecule has 0 saturated carbocycles. The van der Waals surface area contributed by atoms with Crippen LogP contribution in [0.3, 0.4) is 0 Å². The van der Waals surface area contributed by atoms with Gasteiger partial charge in [-0.05, 0) is 51.3 Å². The van der Waals surface area contributed by atoms with E-state index in [2.05, 4.69) is 31.2 Å². The molecule has 142 valence electrons. The number of imidazole rings is 1. The van der Waals surface area contributed by atoms with Crippen molar-refractivity contribution in [3.8, 4) is 11.1 Å². The Labute approximate surface area is 167 Å². The molecule has 0 bridgehead atoms. The number of rotatable bonds is 4. The second kappa shape index (κ2) is 7.27. The van der Waals surface area contributed by atoms with E-state index in [-0.39, 0.29) is 5.56 Å². The largest absolute Gasteiger partial charge is 0.417 e. The number of hydrogen-bond acceptors (Lipinski definition) is 3. The van der Waals surface area contributed by atoms with Gasteiger partial charge in [-0.1, -0.05) is 18.2 Å². The number of alkyl halides is 3. The highest BCUT2D eigenvalue weighted by Crippen LogP contribution is 2.38. The van der Waals surface area contributed by atoms with E-state index in [0.717, 1.165) is 11.6 Å². The molecule has 0 unspecified atom stereocenters. The number of hydrogen-bond donors (Lipinski definition) is 1. The molecule has 0 amide bonds. The van der Waals surface area contributed by atoms with E-state index < -0.39 is 11.7 Å². The molecule has 4 aromatic rings. The maximum absolute atomic E-state index is 13.5. The first-order chi connectivity index (χ1) is 13.4. The van der Waals surface area contributed by atoms with Crippen LogP contribution in [0.2, 0.25) is 0 Å². The zero-order chi connectivity index (χ0) is 19.7. The minimum Gasteiger partial charge on any atom is -0.378 e. The van der Waals surface area contributed by atoms with Gasteiger partial charge in [0.15, 0.2) is 5.65 Å². The van der Waals surface area contributed by atoms with Gasteiger partial charge in [0.1, 0.15) is 4.60 Å². The van der Waals surface area contributed by atoms with E-state index in [4.69, 9.17) is 0 Å². The average Bonchev–Trinajstić information content (AvgIpc) is 3.07. The van der Waals surface area contributed by atoms with Gasteiger partial charge in [-0.15, -0.1) is 0 Å². The Morgan fingerprint density at radius 3 is 2.57 bits per heavy atom. The Hall–Kier alpha value is -2.87. The van der Waals surface area contributed by atoms with Crippen molar-refractivity contribution in [1.82, 2.24) is 14.4 Å². The number of fused-ring (bicyclic) bond motifs is 1. The van der Waals surface area contributed by atoms with E-state index in [9.17, 15) is 13.2 Å². The number of anilines is 1.